The van der Waals surface area contributed by atoms with Crippen LogP contribution in [0.3, 0.4) is 0 Å². The van der Waals surface area contributed by atoms with E-state index in [2.05, 4.69) is 34.9 Å². The fraction of sp³-hybridized carbons (Fsp3) is 1.00. The highest BCUT2D eigenvalue weighted by Gasteiger charge is 2.35. The second kappa shape index (κ2) is 3.30. The summed E-state index contributed by atoms with van der Waals surface area (Å²) in [7, 11) is 0. The molecule has 2 aliphatic rings. The van der Waals surface area contributed by atoms with Gasteiger partial charge in [-0.1, -0.05) is 13.8 Å². The Bertz CT molecular complexity index is 159. The van der Waals surface area contributed by atoms with Crippen LogP contribution in [0, 0.1) is 5.92 Å². The minimum Gasteiger partial charge on any atom is -0.310 e. The summed E-state index contributed by atoms with van der Waals surface area (Å²) in [5.74, 6) is 0.685. The van der Waals surface area contributed by atoms with E-state index in [0.717, 1.165) is 19.8 Å². The molecule has 0 aromatic heterocycles. The largest absolute Gasteiger partial charge is 0.310 e. The summed E-state index contributed by atoms with van der Waals surface area (Å²) in [6.45, 7) is 7.77. The van der Waals surface area contributed by atoms with E-state index in [4.69, 9.17) is 0 Å². The Kier molecular flexibility index (Phi) is 2.32. The molecule has 2 aliphatic heterocycles. The lowest BCUT2D eigenvalue weighted by Gasteiger charge is -2.38. The molecular weight excluding hydrogens is 152 g/mol. The monoisotopic (exact) mass is 170 g/mol. The average Bonchev–Trinajstić information content (AvgIpc) is 2.49. The van der Waals surface area contributed by atoms with E-state index in [1.165, 1.54) is 0 Å². The average molecular weight is 170 g/mol. The molecule has 2 atom stereocenters. The van der Waals surface area contributed by atoms with E-state index in [1.54, 1.807) is 0 Å². The van der Waals surface area contributed by atoms with Gasteiger partial charge >= 0.3 is 0 Å². The van der Waals surface area contributed by atoms with Crippen molar-refractivity contribution in [3.63, 3.8) is 0 Å². The molecule has 0 aromatic rings. The minimum absolute atomic E-state index is 0.485. The van der Waals surface area contributed by atoms with Crippen molar-refractivity contribution >= 4 is 0 Å². The fourth-order valence-corrected chi connectivity index (χ4v) is 2.06. The Morgan fingerprint density at radius 3 is 3.00 bits per heavy atom. The van der Waals surface area contributed by atoms with Crippen LogP contribution in [-0.4, -0.2) is 36.9 Å². The molecular formula is C8H18N4. The van der Waals surface area contributed by atoms with E-state index in [0.29, 0.717) is 18.1 Å². The third-order valence-corrected chi connectivity index (χ3v) is 2.76. The van der Waals surface area contributed by atoms with Crippen molar-refractivity contribution in [2.45, 2.75) is 26.1 Å². The fourth-order valence-electron chi connectivity index (χ4n) is 2.06. The molecule has 0 aromatic carbocycles. The Balaban J connectivity index is 2.03. The first-order valence-electron chi connectivity index (χ1n) is 4.75. The third-order valence-electron chi connectivity index (χ3n) is 2.76. The summed E-state index contributed by atoms with van der Waals surface area (Å²) in [6.07, 6.45) is 0.485. The first-order valence-corrected chi connectivity index (χ1v) is 4.75. The Morgan fingerprint density at radius 2 is 2.25 bits per heavy atom. The van der Waals surface area contributed by atoms with Gasteiger partial charge in [0.05, 0.1) is 12.8 Å². The van der Waals surface area contributed by atoms with Crippen molar-refractivity contribution < 1.29 is 0 Å². The molecule has 2 saturated heterocycles. The number of hydrogen-bond donors (Lipinski definition) is 3. The third kappa shape index (κ3) is 1.35. The molecule has 0 saturated carbocycles. The van der Waals surface area contributed by atoms with E-state index < -0.39 is 0 Å². The first kappa shape index (κ1) is 8.44. The van der Waals surface area contributed by atoms with Gasteiger partial charge < -0.3 is 5.32 Å². The van der Waals surface area contributed by atoms with Crippen molar-refractivity contribution in [1.29, 1.82) is 0 Å². The molecule has 0 amide bonds. The van der Waals surface area contributed by atoms with Crippen molar-refractivity contribution in [1.82, 2.24) is 21.1 Å². The lowest BCUT2D eigenvalue weighted by molar-refractivity contribution is 0.125. The van der Waals surface area contributed by atoms with Gasteiger partial charge in [0.15, 0.2) is 0 Å². The van der Waals surface area contributed by atoms with Crippen molar-refractivity contribution in [2.24, 2.45) is 5.92 Å². The van der Waals surface area contributed by atoms with Gasteiger partial charge in [-0.2, -0.15) is 0 Å². The number of hydrogen-bond acceptors (Lipinski definition) is 4. The van der Waals surface area contributed by atoms with Crippen LogP contribution in [0.25, 0.3) is 0 Å². The standard InChI is InChI=1S/C8H18N4/c1-6(2)7-8-11-10-5-12(8)4-3-9-7/h6-11H,3-5H2,1-2H3. The summed E-state index contributed by atoms with van der Waals surface area (Å²) in [4.78, 5) is 2.45. The van der Waals surface area contributed by atoms with Gasteiger partial charge in [-0.25, -0.2) is 10.9 Å². The minimum atomic E-state index is 0.485. The zero-order chi connectivity index (χ0) is 8.55. The normalized spacial score (nSPS) is 37.2. The van der Waals surface area contributed by atoms with Gasteiger partial charge in [0.25, 0.3) is 0 Å². The predicted octanol–water partition coefficient (Wildman–Crippen LogP) is -0.692. The molecule has 2 fully saturated rings. The highest BCUT2D eigenvalue weighted by atomic mass is 15.6. The molecule has 2 heterocycles. The number of nitrogens with zero attached hydrogens (tertiary/aromatic N) is 1. The molecule has 4 nitrogen and oxygen atoms in total. The lowest BCUT2D eigenvalue weighted by Crippen LogP contribution is -2.61. The highest BCUT2D eigenvalue weighted by Crippen LogP contribution is 2.15. The number of piperazine rings is 1. The van der Waals surface area contributed by atoms with Crippen LogP contribution in [0.4, 0.5) is 0 Å². The van der Waals surface area contributed by atoms with Crippen LogP contribution in [0.1, 0.15) is 13.8 Å². The zero-order valence-corrected chi connectivity index (χ0v) is 7.80. The van der Waals surface area contributed by atoms with Crippen LogP contribution in [0.15, 0.2) is 0 Å². The van der Waals surface area contributed by atoms with E-state index in [-0.39, 0.29) is 0 Å². The predicted molar refractivity (Wildman–Crippen MR) is 48.3 cm³/mol. The maximum atomic E-state index is 3.55. The van der Waals surface area contributed by atoms with Crippen LogP contribution >= 0.6 is 0 Å². The second-order valence-corrected chi connectivity index (χ2v) is 3.96. The first-order chi connectivity index (χ1) is 5.79. The number of fused-ring (bicyclic) bond motifs is 1. The molecule has 0 aliphatic carbocycles. The van der Waals surface area contributed by atoms with Crippen LogP contribution < -0.4 is 16.2 Å². The number of nitrogens with one attached hydrogen (secondary N) is 3. The molecule has 0 radical (unpaired) electrons. The van der Waals surface area contributed by atoms with E-state index in [9.17, 15) is 0 Å². The Morgan fingerprint density at radius 1 is 1.42 bits per heavy atom. The number of hydrazine groups is 1. The van der Waals surface area contributed by atoms with E-state index in [1.807, 2.05) is 0 Å². The summed E-state index contributed by atoms with van der Waals surface area (Å²) in [6, 6.07) is 0.578. The molecule has 0 spiro atoms. The summed E-state index contributed by atoms with van der Waals surface area (Å²) in [5.41, 5.74) is 6.49. The summed E-state index contributed by atoms with van der Waals surface area (Å²) in [5, 5.41) is 3.55. The lowest BCUT2D eigenvalue weighted by atomic mass is 9.99. The van der Waals surface area contributed by atoms with Gasteiger partial charge in [0.1, 0.15) is 0 Å². The highest BCUT2D eigenvalue weighted by molar-refractivity contribution is 4.90. The summed E-state index contributed by atoms with van der Waals surface area (Å²) < 4.78 is 0. The molecule has 2 rings (SSSR count). The number of rotatable bonds is 1. The molecule has 4 heteroatoms. The maximum absolute atomic E-state index is 3.55. The Labute approximate surface area is 73.7 Å². The molecule has 70 valence electrons. The topological polar surface area (TPSA) is 39.3 Å². The van der Waals surface area contributed by atoms with Crippen LogP contribution in [0.2, 0.25) is 0 Å². The van der Waals surface area contributed by atoms with Gasteiger partial charge in [-0.15, -0.1) is 0 Å². The molecule has 0 bridgehead atoms. The molecule has 3 N–H and O–H groups in total. The van der Waals surface area contributed by atoms with Crippen molar-refractivity contribution in [3.8, 4) is 0 Å². The van der Waals surface area contributed by atoms with Crippen molar-refractivity contribution in [2.75, 3.05) is 19.8 Å². The van der Waals surface area contributed by atoms with Gasteiger partial charge in [0.2, 0.25) is 0 Å². The van der Waals surface area contributed by atoms with Crippen LogP contribution in [0.5, 0.6) is 0 Å². The van der Waals surface area contributed by atoms with Crippen molar-refractivity contribution in [3.05, 3.63) is 0 Å². The van der Waals surface area contributed by atoms with E-state index >= 15 is 0 Å². The quantitative estimate of drug-likeness (QED) is 0.487. The maximum Gasteiger partial charge on any atom is 0.0898 e. The summed E-state index contributed by atoms with van der Waals surface area (Å²) >= 11 is 0. The van der Waals surface area contributed by atoms with Gasteiger partial charge in [0, 0.05) is 19.1 Å². The second-order valence-electron chi connectivity index (χ2n) is 3.96. The molecule has 2 unspecified atom stereocenters. The smallest absolute Gasteiger partial charge is 0.0898 e. The van der Waals surface area contributed by atoms with Gasteiger partial charge in [-0.3, -0.25) is 4.90 Å². The Hall–Kier alpha value is -0.160. The molecule has 12 heavy (non-hydrogen) atoms. The van der Waals surface area contributed by atoms with Crippen LogP contribution in [-0.2, 0) is 0 Å². The zero-order valence-electron chi connectivity index (χ0n) is 7.80. The SMILES string of the molecule is CC(C)C1NCCN2CNNC12. The van der Waals surface area contributed by atoms with Gasteiger partial charge in [-0.05, 0) is 5.92 Å².